The van der Waals surface area contributed by atoms with Crippen LogP contribution in [0.25, 0.3) is 11.1 Å². The summed E-state index contributed by atoms with van der Waals surface area (Å²) in [5.41, 5.74) is 5.38. The predicted octanol–water partition coefficient (Wildman–Crippen LogP) is 5.20. The molecule has 2 fully saturated rings. The number of anilines is 1. The van der Waals surface area contributed by atoms with Gasteiger partial charge in [-0.15, -0.1) is 0 Å². The van der Waals surface area contributed by atoms with Crippen LogP contribution in [0.5, 0.6) is 5.75 Å². The summed E-state index contributed by atoms with van der Waals surface area (Å²) in [4.78, 5) is 24.9. The number of hydrogen-bond acceptors (Lipinski definition) is 6. The number of piperazine rings is 1. The smallest absolute Gasteiger partial charge is 0.257 e. The lowest BCUT2D eigenvalue weighted by Crippen LogP contribution is -2.49. The van der Waals surface area contributed by atoms with E-state index in [1.807, 2.05) is 11.0 Å². The van der Waals surface area contributed by atoms with E-state index in [0.29, 0.717) is 30.6 Å². The van der Waals surface area contributed by atoms with E-state index >= 15 is 0 Å². The summed E-state index contributed by atoms with van der Waals surface area (Å²) >= 11 is 0. The van der Waals surface area contributed by atoms with Crippen LogP contribution in [0.4, 0.5) is 5.82 Å². The van der Waals surface area contributed by atoms with Gasteiger partial charge < -0.3 is 19.0 Å². The zero-order valence-electron chi connectivity index (χ0n) is 21.7. The van der Waals surface area contributed by atoms with Gasteiger partial charge in [0, 0.05) is 43.5 Å². The number of ether oxygens (including phenoxy) is 1. The van der Waals surface area contributed by atoms with Crippen LogP contribution < -0.4 is 9.64 Å². The van der Waals surface area contributed by atoms with Crippen LogP contribution in [0.2, 0.25) is 0 Å². The van der Waals surface area contributed by atoms with Crippen LogP contribution in [0.3, 0.4) is 0 Å². The van der Waals surface area contributed by atoms with Gasteiger partial charge in [0.15, 0.2) is 0 Å². The summed E-state index contributed by atoms with van der Waals surface area (Å²) in [6.45, 7) is 8.30. The first-order chi connectivity index (χ1) is 17.5. The Hall–Kier alpha value is -3.32. The van der Waals surface area contributed by atoms with Crippen LogP contribution in [-0.4, -0.2) is 67.6 Å². The number of benzene rings is 1. The fourth-order valence-electron chi connectivity index (χ4n) is 5.42. The van der Waals surface area contributed by atoms with Gasteiger partial charge in [0.25, 0.3) is 5.91 Å². The van der Waals surface area contributed by atoms with Crippen LogP contribution in [0.1, 0.15) is 60.3 Å². The molecule has 0 N–H and O–H groups in total. The predicted molar refractivity (Wildman–Crippen MR) is 142 cm³/mol. The van der Waals surface area contributed by atoms with Crippen molar-refractivity contribution in [3.63, 3.8) is 0 Å². The first kappa shape index (κ1) is 24.4. The van der Waals surface area contributed by atoms with Crippen molar-refractivity contribution in [3.05, 3.63) is 65.7 Å². The molecule has 7 nitrogen and oxygen atoms in total. The molecule has 0 radical (unpaired) electrons. The molecule has 5 rings (SSSR count). The van der Waals surface area contributed by atoms with Gasteiger partial charge in [-0.2, -0.15) is 0 Å². The van der Waals surface area contributed by atoms with Gasteiger partial charge in [-0.25, -0.2) is 4.98 Å². The third kappa shape index (κ3) is 4.72. The van der Waals surface area contributed by atoms with E-state index in [0.717, 1.165) is 48.9 Å². The van der Waals surface area contributed by atoms with Gasteiger partial charge in [0.1, 0.15) is 17.8 Å². The van der Waals surface area contributed by atoms with E-state index in [4.69, 9.17) is 14.1 Å². The summed E-state index contributed by atoms with van der Waals surface area (Å²) in [5.74, 6) is 2.25. The summed E-state index contributed by atoms with van der Waals surface area (Å²) in [6, 6.07) is 12.7. The molecule has 2 aromatic heterocycles. The molecule has 0 aliphatic carbocycles. The fourth-order valence-corrected chi connectivity index (χ4v) is 5.42. The largest absolute Gasteiger partial charge is 0.497 e. The minimum atomic E-state index is 0.0279. The number of aromatic nitrogens is 1. The van der Waals surface area contributed by atoms with Gasteiger partial charge in [-0.05, 0) is 67.7 Å². The van der Waals surface area contributed by atoms with E-state index in [2.05, 4.69) is 55.0 Å². The lowest BCUT2D eigenvalue weighted by atomic mass is 9.91. The van der Waals surface area contributed by atoms with E-state index in [9.17, 15) is 4.79 Å². The monoisotopic (exact) mass is 488 g/mol. The SMILES string of the molecule is COc1cccc(-c2cc(C(C)C)nc(N3CCN(C(=O)c4ccoc4)CC3)c2C2CCCN2C)c1. The van der Waals surface area contributed by atoms with Crippen LogP contribution in [-0.2, 0) is 0 Å². The molecule has 0 spiro atoms. The molecule has 3 aromatic rings. The molecule has 2 saturated heterocycles. The number of likely N-dealkylation sites (tertiary alicyclic amines) is 1. The Kier molecular flexibility index (Phi) is 7.01. The number of pyridine rings is 1. The van der Waals surface area contributed by atoms with Crippen molar-refractivity contribution < 1.29 is 13.9 Å². The maximum atomic E-state index is 12.9. The number of nitrogens with zero attached hydrogens (tertiary/aromatic N) is 4. The average Bonchev–Trinajstić information content (AvgIpc) is 3.60. The van der Waals surface area contributed by atoms with Gasteiger partial charge in [0.05, 0.1) is 18.9 Å². The summed E-state index contributed by atoms with van der Waals surface area (Å²) in [5, 5.41) is 0. The molecular formula is C29H36N4O3. The Balaban J connectivity index is 1.55. The molecule has 1 amide bonds. The fraction of sp³-hybridized carbons (Fsp3) is 0.448. The number of carbonyl (C=O) groups excluding carboxylic acids is 1. The first-order valence-corrected chi connectivity index (χ1v) is 12.9. The Morgan fingerprint density at radius 1 is 1.11 bits per heavy atom. The number of hydrogen-bond donors (Lipinski definition) is 0. The first-order valence-electron chi connectivity index (χ1n) is 12.9. The topological polar surface area (TPSA) is 62.1 Å². The van der Waals surface area contributed by atoms with Crippen molar-refractivity contribution >= 4 is 11.7 Å². The molecule has 2 aliphatic rings. The highest BCUT2D eigenvalue weighted by Crippen LogP contribution is 2.43. The Morgan fingerprint density at radius 2 is 1.92 bits per heavy atom. The minimum absolute atomic E-state index is 0.0279. The summed E-state index contributed by atoms with van der Waals surface area (Å²) in [7, 11) is 3.93. The van der Waals surface area contributed by atoms with Gasteiger partial charge >= 0.3 is 0 Å². The highest BCUT2D eigenvalue weighted by atomic mass is 16.5. The average molecular weight is 489 g/mol. The zero-order chi connectivity index (χ0) is 25.2. The standard InChI is InChI=1S/C29H36N4O3/c1-20(2)25-18-24(21-7-5-8-23(17-21)35-4)27(26-9-6-11-31(26)3)28(30-25)32-12-14-33(15-13-32)29(34)22-10-16-36-19-22/h5,7-8,10,16-20,26H,6,9,11-15H2,1-4H3. The molecular weight excluding hydrogens is 452 g/mol. The number of carbonyl (C=O) groups is 1. The lowest BCUT2D eigenvalue weighted by Gasteiger charge is -2.38. The Bertz CT molecular complexity index is 1200. The molecule has 1 unspecified atom stereocenters. The van der Waals surface area contributed by atoms with E-state index in [-0.39, 0.29) is 5.91 Å². The normalized spacial score (nSPS) is 18.8. The van der Waals surface area contributed by atoms with E-state index in [1.165, 1.54) is 23.8 Å². The molecule has 0 saturated carbocycles. The minimum Gasteiger partial charge on any atom is -0.497 e. The second kappa shape index (κ2) is 10.3. The molecule has 4 heterocycles. The maximum Gasteiger partial charge on any atom is 0.257 e. The van der Waals surface area contributed by atoms with E-state index in [1.54, 1.807) is 19.4 Å². The van der Waals surface area contributed by atoms with Crippen molar-refractivity contribution in [1.82, 2.24) is 14.8 Å². The molecule has 36 heavy (non-hydrogen) atoms. The summed E-state index contributed by atoms with van der Waals surface area (Å²) < 4.78 is 10.7. The maximum absolute atomic E-state index is 12.9. The van der Waals surface area contributed by atoms with Crippen LogP contribution in [0, 0.1) is 0 Å². The van der Waals surface area contributed by atoms with Crippen LogP contribution >= 0.6 is 0 Å². The molecule has 1 atom stereocenters. The third-order valence-corrected chi connectivity index (χ3v) is 7.52. The van der Waals surface area contributed by atoms with Crippen molar-refractivity contribution in [1.29, 1.82) is 0 Å². The van der Waals surface area contributed by atoms with Crippen LogP contribution in [0.15, 0.2) is 53.3 Å². The van der Waals surface area contributed by atoms with Crippen molar-refractivity contribution in [2.24, 2.45) is 0 Å². The zero-order valence-corrected chi connectivity index (χ0v) is 21.7. The van der Waals surface area contributed by atoms with Crippen molar-refractivity contribution in [2.75, 3.05) is 51.8 Å². The van der Waals surface area contributed by atoms with Gasteiger partial charge in [-0.1, -0.05) is 26.0 Å². The highest BCUT2D eigenvalue weighted by Gasteiger charge is 2.33. The lowest BCUT2D eigenvalue weighted by molar-refractivity contribution is 0.0745. The molecule has 2 aliphatic heterocycles. The Morgan fingerprint density at radius 3 is 2.56 bits per heavy atom. The number of amides is 1. The second-order valence-corrected chi connectivity index (χ2v) is 10.1. The Labute approximate surface area is 213 Å². The quantitative estimate of drug-likeness (QED) is 0.475. The summed E-state index contributed by atoms with van der Waals surface area (Å²) in [6.07, 6.45) is 5.37. The molecule has 1 aromatic carbocycles. The van der Waals surface area contributed by atoms with E-state index < -0.39 is 0 Å². The second-order valence-electron chi connectivity index (χ2n) is 10.1. The van der Waals surface area contributed by atoms with Crippen molar-refractivity contribution in [3.8, 4) is 16.9 Å². The third-order valence-electron chi connectivity index (χ3n) is 7.52. The number of methoxy groups -OCH3 is 1. The number of rotatable bonds is 6. The van der Waals surface area contributed by atoms with Crippen molar-refractivity contribution in [2.45, 2.75) is 38.6 Å². The molecule has 0 bridgehead atoms. The number of furan rings is 1. The molecule has 7 heteroatoms. The highest BCUT2D eigenvalue weighted by molar-refractivity contribution is 5.94. The van der Waals surface area contributed by atoms with Gasteiger partial charge in [-0.3, -0.25) is 9.69 Å². The molecule has 190 valence electrons. The van der Waals surface area contributed by atoms with Gasteiger partial charge in [0.2, 0.25) is 0 Å².